The standard InChI is InChI=1S/C23H37NO6/c1-17(7-4-8-18(2)15-20(25)26)9-5-12-23(3,30)13-6-10-19-11-14-24(22(19)29)16-21(27)28/h9,11,18,30H,4-8,10,12-16H2,1-3H3,(H,25,26)(H,27,28)/b17-9+/t18-,23?/m0/s1. The van der Waals surface area contributed by atoms with Gasteiger partial charge in [-0.2, -0.15) is 0 Å². The molecule has 1 aliphatic heterocycles. The number of aliphatic carboxylic acids is 2. The molecule has 0 aromatic rings. The minimum absolute atomic E-state index is 0.189. The summed E-state index contributed by atoms with van der Waals surface area (Å²) in [6.45, 7) is 5.91. The lowest BCUT2D eigenvalue weighted by molar-refractivity contribution is -0.142. The van der Waals surface area contributed by atoms with Gasteiger partial charge in [0, 0.05) is 18.5 Å². The molecule has 7 nitrogen and oxygen atoms in total. The molecule has 1 unspecified atom stereocenters. The summed E-state index contributed by atoms with van der Waals surface area (Å²) in [6, 6.07) is 0. The van der Waals surface area contributed by atoms with Gasteiger partial charge in [0.15, 0.2) is 0 Å². The van der Waals surface area contributed by atoms with E-state index in [4.69, 9.17) is 10.2 Å². The number of allylic oxidation sites excluding steroid dienone is 2. The number of hydrogen-bond donors (Lipinski definition) is 3. The Bertz CT molecular complexity index is 665. The topological polar surface area (TPSA) is 115 Å². The molecule has 0 fully saturated rings. The molecule has 170 valence electrons. The lowest BCUT2D eigenvalue weighted by atomic mass is 9.91. The number of carbonyl (C=O) groups excluding carboxylic acids is 1. The quantitative estimate of drug-likeness (QED) is 0.345. The molecule has 0 aromatic carbocycles. The number of carboxylic acids is 2. The molecule has 0 aromatic heterocycles. The van der Waals surface area contributed by atoms with Crippen LogP contribution >= 0.6 is 0 Å². The van der Waals surface area contributed by atoms with E-state index in [0.29, 0.717) is 37.8 Å². The Hall–Kier alpha value is -2.15. The molecule has 0 saturated heterocycles. The Morgan fingerprint density at radius 1 is 1.23 bits per heavy atom. The van der Waals surface area contributed by atoms with E-state index >= 15 is 0 Å². The van der Waals surface area contributed by atoms with Gasteiger partial charge in [-0.15, -0.1) is 0 Å². The van der Waals surface area contributed by atoms with Crippen LogP contribution in [0.2, 0.25) is 0 Å². The molecule has 0 aliphatic carbocycles. The Kier molecular flexibility index (Phi) is 10.8. The van der Waals surface area contributed by atoms with Gasteiger partial charge in [-0.3, -0.25) is 14.4 Å². The van der Waals surface area contributed by atoms with E-state index < -0.39 is 17.5 Å². The van der Waals surface area contributed by atoms with Crippen molar-refractivity contribution in [2.24, 2.45) is 5.92 Å². The molecule has 3 N–H and O–H groups in total. The fourth-order valence-corrected chi connectivity index (χ4v) is 3.75. The molecule has 0 bridgehead atoms. The van der Waals surface area contributed by atoms with Gasteiger partial charge in [0.2, 0.25) is 5.91 Å². The Labute approximate surface area is 179 Å². The maximum absolute atomic E-state index is 12.1. The summed E-state index contributed by atoms with van der Waals surface area (Å²) in [5.41, 5.74) is 1.09. The van der Waals surface area contributed by atoms with Crippen LogP contribution in [0.1, 0.15) is 78.6 Å². The number of hydrogen-bond acceptors (Lipinski definition) is 4. The highest BCUT2D eigenvalue weighted by Crippen LogP contribution is 2.24. The van der Waals surface area contributed by atoms with Gasteiger partial charge < -0.3 is 20.2 Å². The lowest BCUT2D eigenvalue weighted by Gasteiger charge is -2.23. The van der Waals surface area contributed by atoms with Crippen LogP contribution in [0.25, 0.3) is 0 Å². The third-order valence-corrected chi connectivity index (χ3v) is 5.57. The van der Waals surface area contributed by atoms with Crippen molar-refractivity contribution in [1.29, 1.82) is 0 Å². The first kappa shape index (κ1) is 25.9. The molecule has 2 atom stereocenters. The summed E-state index contributed by atoms with van der Waals surface area (Å²) in [7, 11) is 0. The van der Waals surface area contributed by atoms with Gasteiger partial charge >= 0.3 is 11.9 Å². The minimum atomic E-state index is -1.01. The maximum atomic E-state index is 12.1. The van der Waals surface area contributed by atoms with Crippen molar-refractivity contribution >= 4 is 17.8 Å². The Morgan fingerprint density at radius 3 is 2.57 bits per heavy atom. The SMILES string of the molecule is C/C(=C\CCC(C)(O)CCCC1=CCN(CC(=O)O)C1=O)CCC[C@H](C)CC(=O)O. The first-order chi connectivity index (χ1) is 14.0. The van der Waals surface area contributed by atoms with Crippen LogP contribution in [0.5, 0.6) is 0 Å². The van der Waals surface area contributed by atoms with Gasteiger partial charge in [-0.05, 0) is 71.1 Å². The molecule has 0 radical (unpaired) electrons. The summed E-state index contributed by atoms with van der Waals surface area (Å²) < 4.78 is 0. The zero-order valence-corrected chi connectivity index (χ0v) is 18.5. The normalized spacial score (nSPS) is 17.6. The van der Waals surface area contributed by atoms with Gasteiger partial charge in [0.25, 0.3) is 0 Å². The van der Waals surface area contributed by atoms with E-state index in [1.165, 1.54) is 10.5 Å². The third-order valence-electron chi connectivity index (χ3n) is 5.57. The smallest absolute Gasteiger partial charge is 0.323 e. The van der Waals surface area contributed by atoms with Crippen LogP contribution in [0.4, 0.5) is 0 Å². The van der Waals surface area contributed by atoms with E-state index in [1.807, 2.05) is 13.8 Å². The average molecular weight is 424 g/mol. The average Bonchev–Trinajstić information content (AvgIpc) is 2.93. The second-order valence-corrected chi connectivity index (χ2v) is 8.84. The van der Waals surface area contributed by atoms with Crippen molar-refractivity contribution in [3.63, 3.8) is 0 Å². The zero-order valence-electron chi connectivity index (χ0n) is 18.5. The van der Waals surface area contributed by atoms with E-state index in [-0.39, 0.29) is 24.8 Å². The number of rotatable bonds is 15. The third kappa shape index (κ3) is 10.6. The van der Waals surface area contributed by atoms with E-state index in [9.17, 15) is 19.5 Å². The highest BCUT2D eigenvalue weighted by atomic mass is 16.4. The summed E-state index contributed by atoms with van der Waals surface area (Å²) in [4.78, 5) is 34.9. The fraction of sp³-hybridized carbons (Fsp3) is 0.696. The highest BCUT2D eigenvalue weighted by molar-refractivity contribution is 5.97. The monoisotopic (exact) mass is 423 g/mol. The summed E-state index contributed by atoms with van der Waals surface area (Å²) in [5.74, 6) is -1.79. The lowest BCUT2D eigenvalue weighted by Crippen LogP contribution is -2.32. The number of aliphatic hydroxyl groups is 1. The van der Waals surface area contributed by atoms with Gasteiger partial charge in [0.1, 0.15) is 6.54 Å². The number of nitrogens with zero attached hydrogens (tertiary/aromatic N) is 1. The molecule has 1 rings (SSSR count). The summed E-state index contributed by atoms with van der Waals surface area (Å²) in [5, 5.41) is 28.2. The number of amides is 1. The molecule has 0 saturated carbocycles. The molecular weight excluding hydrogens is 386 g/mol. The van der Waals surface area contributed by atoms with Gasteiger partial charge in [-0.25, -0.2) is 0 Å². The van der Waals surface area contributed by atoms with Gasteiger partial charge in [-0.1, -0.05) is 24.6 Å². The molecule has 1 heterocycles. The fourth-order valence-electron chi connectivity index (χ4n) is 3.75. The Morgan fingerprint density at radius 2 is 1.93 bits per heavy atom. The number of carboxylic acid groups (broad SMARTS) is 2. The Balaban J connectivity index is 2.25. The predicted octanol–water partition coefficient (Wildman–Crippen LogP) is 3.77. The minimum Gasteiger partial charge on any atom is -0.481 e. The predicted molar refractivity (Wildman–Crippen MR) is 115 cm³/mol. The van der Waals surface area contributed by atoms with Gasteiger partial charge in [0.05, 0.1) is 5.60 Å². The first-order valence-electron chi connectivity index (χ1n) is 10.8. The number of carbonyl (C=O) groups is 3. The van der Waals surface area contributed by atoms with Crippen LogP contribution in [-0.4, -0.2) is 56.8 Å². The van der Waals surface area contributed by atoms with Crippen molar-refractivity contribution in [2.75, 3.05) is 13.1 Å². The second kappa shape index (κ2) is 12.5. The van der Waals surface area contributed by atoms with Crippen molar-refractivity contribution in [1.82, 2.24) is 4.90 Å². The van der Waals surface area contributed by atoms with Crippen LogP contribution in [-0.2, 0) is 14.4 Å². The van der Waals surface area contributed by atoms with Crippen LogP contribution in [0.15, 0.2) is 23.3 Å². The van der Waals surface area contributed by atoms with Crippen molar-refractivity contribution in [3.05, 3.63) is 23.3 Å². The summed E-state index contributed by atoms with van der Waals surface area (Å²) >= 11 is 0. The van der Waals surface area contributed by atoms with Crippen LogP contribution in [0, 0.1) is 5.92 Å². The van der Waals surface area contributed by atoms with Crippen LogP contribution in [0.3, 0.4) is 0 Å². The largest absolute Gasteiger partial charge is 0.481 e. The molecular formula is C23H37NO6. The van der Waals surface area contributed by atoms with E-state index in [2.05, 4.69) is 13.0 Å². The maximum Gasteiger partial charge on any atom is 0.323 e. The molecule has 1 aliphatic rings. The molecule has 1 amide bonds. The van der Waals surface area contributed by atoms with Crippen molar-refractivity contribution < 1.29 is 29.7 Å². The van der Waals surface area contributed by atoms with Crippen molar-refractivity contribution in [2.45, 2.75) is 84.2 Å². The van der Waals surface area contributed by atoms with Crippen molar-refractivity contribution in [3.8, 4) is 0 Å². The summed E-state index contributed by atoms with van der Waals surface area (Å²) in [6.07, 6.45) is 10.2. The van der Waals surface area contributed by atoms with E-state index in [0.717, 1.165) is 25.7 Å². The second-order valence-electron chi connectivity index (χ2n) is 8.84. The molecule has 0 spiro atoms. The van der Waals surface area contributed by atoms with Crippen LogP contribution < -0.4 is 0 Å². The molecule has 7 heteroatoms. The zero-order chi connectivity index (χ0) is 22.7. The van der Waals surface area contributed by atoms with E-state index in [1.54, 1.807) is 6.08 Å². The first-order valence-corrected chi connectivity index (χ1v) is 10.8. The molecule has 30 heavy (non-hydrogen) atoms. The highest BCUT2D eigenvalue weighted by Gasteiger charge is 2.26.